The SMILES string of the molecule is CNC(C)C(c1ccc2c(c1)SCC2)C(Cl)(Cl)Cl. The molecule has 1 aromatic carbocycles. The predicted molar refractivity (Wildman–Crippen MR) is 82.4 cm³/mol. The highest BCUT2D eigenvalue weighted by Gasteiger charge is 2.37. The van der Waals surface area contributed by atoms with Crippen LogP contribution < -0.4 is 5.32 Å². The highest BCUT2D eigenvalue weighted by atomic mass is 35.6. The minimum Gasteiger partial charge on any atom is -0.317 e. The van der Waals surface area contributed by atoms with Gasteiger partial charge in [0.2, 0.25) is 0 Å². The van der Waals surface area contributed by atoms with Crippen molar-refractivity contribution in [2.24, 2.45) is 0 Å². The molecule has 2 rings (SSSR count). The van der Waals surface area contributed by atoms with E-state index < -0.39 is 3.79 Å². The Labute approximate surface area is 128 Å². The van der Waals surface area contributed by atoms with E-state index in [1.54, 1.807) is 0 Å². The Bertz CT molecular complexity index is 431. The van der Waals surface area contributed by atoms with Gasteiger partial charge in [-0.3, -0.25) is 0 Å². The van der Waals surface area contributed by atoms with Crippen molar-refractivity contribution in [1.82, 2.24) is 5.32 Å². The topological polar surface area (TPSA) is 12.0 Å². The van der Waals surface area contributed by atoms with Gasteiger partial charge in [-0.2, -0.15) is 0 Å². The summed E-state index contributed by atoms with van der Waals surface area (Å²) in [5, 5.41) is 3.18. The van der Waals surface area contributed by atoms with Gasteiger partial charge in [-0.25, -0.2) is 0 Å². The summed E-state index contributed by atoms with van der Waals surface area (Å²) in [6, 6.07) is 6.52. The fraction of sp³-hybridized carbons (Fsp3) is 0.538. The van der Waals surface area contributed by atoms with Gasteiger partial charge in [0.25, 0.3) is 0 Å². The van der Waals surface area contributed by atoms with Crippen LogP contribution in [0.3, 0.4) is 0 Å². The second-order valence-electron chi connectivity index (χ2n) is 4.56. The van der Waals surface area contributed by atoms with Gasteiger partial charge >= 0.3 is 0 Å². The molecule has 1 N–H and O–H groups in total. The highest BCUT2D eigenvalue weighted by molar-refractivity contribution is 7.99. The van der Waals surface area contributed by atoms with Crippen molar-refractivity contribution in [1.29, 1.82) is 0 Å². The summed E-state index contributed by atoms with van der Waals surface area (Å²) >= 11 is 20.3. The number of thioether (sulfide) groups is 1. The van der Waals surface area contributed by atoms with Crippen molar-refractivity contribution >= 4 is 46.6 Å². The Kier molecular flexibility index (Phi) is 4.77. The predicted octanol–water partition coefficient (Wildman–Crippen LogP) is 4.40. The minimum absolute atomic E-state index is 0.0990. The summed E-state index contributed by atoms with van der Waals surface area (Å²) in [7, 11) is 1.89. The number of alkyl halides is 3. The van der Waals surface area contributed by atoms with E-state index in [9.17, 15) is 0 Å². The van der Waals surface area contributed by atoms with E-state index in [1.807, 2.05) is 25.7 Å². The quantitative estimate of drug-likeness (QED) is 0.827. The Morgan fingerprint density at radius 2 is 2.06 bits per heavy atom. The first kappa shape index (κ1) is 14.8. The van der Waals surface area contributed by atoms with Gasteiger partial charge in [0.15, 0.2) is 3.79 Å². The van der Waals surface area contributed by atoms with E-state index in [4.69, 9.17) is 34.8 Å². The summed E-state index contributed by atoms with van der Waals surface area (Å²) in [6.07, 6.45) is 1.14. The van der Waals surface area contributed by atoms with E-state index in [1.165, 1.54) is 10.5 Å². The molecule has 1 heterocycles. The van der Waals surface area contributed by atoms with E-state index in [0.29, 0.717) is 0 Å². The Balaban J connectivity index is 2.37. The van der Waals surface area contributed by atoms with E-state index in [-0.39, 0.29) is 12.0 Å². The third-order valence-electron chi connectivity index (χ3n) is 3.39. The maximum atomic E-state index is 6.14. The Morgan fingerprint density at radius 1 is 1.33 bits per heavy atom. The van der Waals surface area contributed by atoms with E-state index in [2.05, 4.69) is 23.5 Å². The van der Waals surface area contributed by atoms with Gasteiger partial charge in [-0.05, 0) is 37.6 Å². The van der Waals surface area contributed by atoms with Crippen LogP contribution in [0.2, 0.25) is 0 Å². The van der Waals surface area contributed by atoms with Crippen LogP contribution in [0.1, 0.15) is 24.0 Å². The van der Waals surface area contributed by atoms with Crippen molar-refractivity contribution in [3.8, 4) is 0 Å². The molecular formula is C13H16Cl3NS. The zero-order valence-electron chi connectivity index (χ0n) is 10.3. The van der Waals surface area contributed by atoms with Crippen LogP contribution in [0.4, 0.5) is 0 Å². The normalized spacial score (nSPS) is 18.5. The molecular weight excluding hydrogens is 309 g/mol. The molecule has 1 aliphatic rings. The molecule has 1 aromatic rings. The lowest BCUT2D eigenvalue weighted by Crippen LogP contribution is -2.36. The molecule has 0 bridgehead atoms. The van der Waals surface area contributed by atoms with E-state index >= 15 is 0 Å². The summed E-state index contributed by atoms with van der Waals surface area (Å²) in [5.74, 6) is 0.998. The summed E-state index contributed by atoms with van der Waals surface area (Å²) in [5.41, 5.74) is 2.49. The second kappa shape index (κ2) is 5.80. The number of benzene rings is 1. The van der Waals surface area contributed by atoms with Gasteiger partial charge in [-0.1, -0.05) is 46.9 Å². The molecule has 0 spiro atoms. The van der Waals surface area contributed by atoms with Crippen LogP contribution in [0, 0.1) is 0 Å². The monoisotopic (exact) mass is 323 g/mol. The van der Waals surface area contributed by atoms with Gasteiger partial charge in [-0.15, -0.1) is 11.8 Å². The lowest BCUT2D eigenvalue weighted by molar-refractivity contribution is 0.499. The molecule has 2 atom stereocenters. The largest absolute Gasteiger partial charge is 0.317 e. The van der Waals surface area contributed by atoms with Crippen LogP contribution in [-0.2, 0) is 6.42 Å². The number of nitrogens with one attached hydrogen (secondary N) is 1. The van der Waals surface area contributed by atoms with Gasteiger partial charge < -0.3 is 5.32 Å². The van der Waals surface area contributed by atoms with Crippen molar-refractivity contribution < 1.29 is 0 Å². The number of hydrogen-bond acceptors (Lipinski definition) is 2. The molecule has 0 aliphatic carbocycles. The molecule has 0 saturated heterocycles. The number of aryl methyl sites for hydroxylation is 1. The second-order valence-corrected chi connectivity index (χ2v) is 8.07. The van der Waals surface area contributed by atoms with Crippen LogP contribution in [0.5, 0.6) is 0 Å². The lowest BCUT2D eigenvalue weighted by atomic mass is 9.93. The Morgan fingerprint density at radius 3 is 2.67 bits per heavy atom. The van der Waals surface area contributed by atoms with Crippen LogP contribution in [0.15, 0.2) is 23.1 Å². The fourth-order valence-corrected chi connectivity index (χ4v) is 4.37. The molecule has 5 heteroatoms. The number of rotatable bonds is 3. The van der Waals surface area contributed by atoms with Crippen LogP contribution in [0.25, 0.3) is 0 Å². The molecule has 0 fully saturated rings. The molecule has 0 aromatic heterocycles. The summed E-state index contributed by atoms with van der Waals surface area (Å²) < 4.78 is -1.31. The number of halogens is 3. The first-order valence-corrected chi connectivity index (χ1v) is 8.05. The molecule has 1 aliphatic heterocycles. The van der Waals surface area contributed by atoms with Crippen molar-refractivity contribution in [2.45, 2.75) is 34.0 Å². The molecule has 100 valence electrons. The van der Waals surface area contributed by atoms with Crippen molar-refractivity contribution in [2.75, 3.05) is 12.8 Å². The Hall–Kier alpha value is 0.400. The van der Waals surface area contributed by atoms with Crippen LogP contribution in [-0.4, -0.2) is 22.6 Å². The smallest absolute Gasteiger partial charge is 0.198 e. The summed E-state index contributed by atoms with van der Waals surface area (Å²) in [6.45, 7) is 2.03. The van der Waals surface area contributed by atoms with Crippen molar-refractivity contribution in [3.05, 3.63) is 29.3 Å². The maximum absolute atomic E-state index is 6.14. The number of fused-ring (bicyclic) bond motifs is 1. The highest BCUT2D eigenvalue weighted by Crippen LogP contribution is 2.45. The maximum Gasteiger partial charge on any atom is 0.198 e. The fourth-order valence-electron chi connectivity index (χ4n) is 2.30. The lowest BCUT2D eigenvalue weighted by Gasteiger charge is -2.30. The van der Waals surface area contributed by atoms with E-state index in [0.717, 1.165) is 17.7 Å². The van der Waals surface area contributed by atoms with Gasteiger partial charge in [0.1, 0.15) is 0 Å². The first-order chi connectivity index (χ1) is 8.43. The number of hydrogen-bond donors (Lipinski definition) is 1. The summed E-state index contributed by atoms with van der Waals surface area (Å²) in [4.78, 5) is 1.33. The first-order valence-electron chi connectivity index (χ1n) is 5.93. The molecule has 2 unspecified atom stereocenters. The molecule has 0 radical (unpaired) electrons. The average Bonchev–Trinajstić information content (AvgIpc) is 2.74. The number of likely N-dealkylation sites (N-methyl/N-ethyl adjacent to an activating group) is 1. The average molecular weight is 325 g/mol. The molecule has 0 amide bonds. The van der Waals surface area contributed by atoms with Gasteiger partial charge in [0, 0.05) is 22.6 Å². The zero-order valence-corrected chi connectivity index (χ0v) is 13.4. The third-order valence-corrected chi connectivity index (χ3v) is 5.19. The standard InChI is InChI=1S/C13H16Cl3NS/c1-8(17-2)12(13(14,15)16)10-4-3-9-5-6-18-11(9)7-10/h3-4,7-8,12,17H,5-6H2,1-2H3. The van der Waals surface area contributed by atoms with Crippen molar-refractivity contribution in [3.63, 3.8) is 0 Å². The zero-order chi connectivity index (χ0) is 13.3. The van der Waals surface area contributed by atoms with Gasteiger partial charge in [0.05, 0.1) is 0 Å². The molecule has 1 nitrogen and oxygen atoms in total. The molecule has 18 heavy (non-hydrogen) atoms. The third kappa shape index (κ3) is 3.10. The van der Waals surface area contributed by atoms with Crippen LogP contribution >= 0.6 is 46.6 Å². The minimum atomic E-state index is -1.31. The molecule has 0 saturated carbocycles.